The summed E-state index contributed by atoms with van der Waals surface area (Å²) < 4.78 is 33.5. The van der Waals surface area contributed by atoms with Crippen LogP contribution in [0.4, 0.5) is 8.78 Å². The molecular formula is C28H29F2N5O3. The van der Waals surface area contributed by atoms with E-state index in [4.69, 9.17) is 9.72 Å². The molecule has 10 heteroatoms. The van der Waals surface area contributed by atoms with Crippen LogP contribution in [0.3, 0.4) is 0 Å². The van der Waals surface area contributed by atoms with Gasteiger partial charge in [-0.05, 0) is 49.8 Å². The van der Waals surface area contributed by atoms with E-state index in [1.165, 1.54) is 11.6 Å². The van der Waals surface area contributed by atoms with E-state index in [-0.39, 0.29) is 35.8 Å². The molecule has 4 aliphatic rings. The number of hydrogen-bond acceptors (Lipinski definition) is 6. The van der Waals surface area contributed by atoms with Crippen LogP contribution in [0.2, 0.25) is 0 Å². The molecule has 0 radical (unpaired) electrons. The lowest BCUT2D eigenvalue weighted by Gasteiger charge is -2.50. The third kappa shape index (κ3) is 3.36. The number of ether oxygens (including phenoxy) is 1. The van der Waals surface area contributed by atoms with Gasteiger partial charge >= 0.3 is 6.61 Å². The molecule has 1 saturated carbocycles. The molecule has 198 valence electrons. The molecule has 2 aromatic heterocycles. The fourth-order valence-electron chi connectivity index (χ4n) is 6.91. The first kappa shape index (κ1) is 23.7. The van der Waals surface area contributed by atoms with Gasteiger partial charge in [0.15, 0.2) is 0 Å². The van der Waals surface area contributed by atoms with E-state index in [0.29, 0.717) is 23.3 Å². The van der Waals surface area contributed by atoms with Crippen molar-refractivity contribution in [1.82, 2.24) is 24.2 Å². The van der Waals surface area contributed by atoms with Crippen LogP contribution in [0.1, 0.15) is 76.9 Å². The summed E-state index contributed by atoms with van der Waals surface area (Å²) in [6, 6.07) is 4.49. The van der Waals surface area contributed by atoms with Crippen LogP contribution in [-0.4, -0.2) is 74.1 Å². The second-order valence-corrected chi connectivity index (χ2v) is 10.9. The van der Waals surface area contributed by atoms with E-state index in [1.807, 2.05) is 16.8 Å². The molecule has 0 saturated heterocycles. The number of rotatable bonds is 5. The fraction of sp³-hybridized carbons (Fsp3) is 0.464. The van der Waals surface area contributed by atoms with Gasteiger partial charge in [-0.2, -0.15) is 8.78 Å². The number of benzene rings is 1. The summed E-state index contributed by atoms with van der Waals surface area (Å²) in [4.78, 5) is 26.8. The Balaban J connectivity index is 1.31. The van der Waals surface area contributed by atoms with Crippen molar-refractivity contribution in [1.29, 1.82) is 0 Å². The van der Waals surface area contributed by atoms with Gasteiger partial charge < -0.3 is 14.7 Å². The predicted octanol–water partition coefficient (Wildman–Crippen LogP) is 4.00. The normalized spacial score (nSPS) is 24.2. The molecule has 2 unspecified atom stereocenters. The van der Waals surface area contributed by atoms with Crippen molar-refractivity contribution in [2.75, 3.05) is 26.7 Å². The van der Waals surface area contributed by atoms with Gasteiger partial charge in [0.2, 0.25) is 5.78 Å². The molecule has 2 bridgehead atoms. The lowest BCUT2D eigenvalue weighted by atomic mass is 9.75. The molecule has 7 rings (SSSR count). The molecule has 1 aromatic carbocycles. The number of aliphatic hydroxyl groups is 1. The summed E-state index contributed by atoms with van der Waals surface area (Å²) in [5.74, 6) is -0.00944. The van der Waals surface area contributed by atoms with E-state index in [9.17, 15) is 18.7 Å². The summed E-state index contributed by atoms with van der Waals surface area (Å²) in [5.41, 5.74) is 4.61. The minimum absolute atomic E-state index is 0.0284. The minimum atomic E-state index is -2.99. The maximum absolute atomic E-state index is 13.3. The Morgan fingerprint density at radius 2 is 2.13 bits per heavy atom. The van der Waals surface area contributed by atoms with Gasteiger partial charge in [-0.15, -0.1) is 0 Å². The van der Waals surface area contributed by atoms with Gasteiger partial charge in [0.05, 0.1) is 24.0 Å². The van der Waals surface area contributed by atoms with Crippen LogP contribution in [0.25, 0.3) is 11.4 Å². The number of alkyl halides is 2. The average molecular weight is 522 g/mol. The largest absolute Gasteiger partial charge is 0.434 e. The first-order chi connectivity index (χ1) is 18.4. The third-order valence-electron chi connectivity index (χ3n) is 9.13. The van der Waals surface area contributed by atoms with Gasteiger partial charge in [0.25, 0.3) is 5.91 Å². The summed E-state index contributed by atoms with van der Waals surface area (Å²) in [5, 5.41) is 9.97. The van der Waals surface area contributed by atoms with Crippen molar-refractivity contribution in [2.45, 2.75) is 56.2 Å². The highest BCUT2D eigenvalue weighted by Gasteiger charge is 2.46. The Bertz CT molecular complexity index is 1480. The zero-order valence-electron chi connectivity index (χ0n) is 21.1. The number of imidazole rings is 1. The van der Waals surface area contributed by atoms with Crippen LogP contribution >= 0.6 is 0 Å². The predicted molar refractivity (Wildman–Crippen MR) is 135 cm³/mol. The molecule has 38 heavy (non-hydrogen) atoms. The van der Waals surface area contributed by atoms with Gasteiger partial charge in [-0.25, -0.2) is 9.97 Å². The highest BCUT2D eigenvalue weighted by atomic mass is 19.3. The zero-order valence-corrected chi connectivity index (χ0v) is 21.1. The fourth-order valence-corrected chi connectivity index (χ4v) is 6.91. The first-order valence-electron chi connectivity index (χ1n) is 13.2. The van der Waals surface area contributed by atoms with Crippen molar-refractivity contribution in [3.8, 4) is 5.75 Å². The molecular weight excluding hydrogens is 492 g/mol. The number of aliphatic hydroxyl groups excluding tert-OH is 1. The number of aromatic nitrogens is 3. The van der Waals surface area contributed by atoms with Crippen molar-refractivity contribution < 1.29 is 23.4 Å². The van der Waals surface area contributed by atoms with Gasteiger partial charge in [-0.1, -0.05) is 12.1 Å². The van der Waals surface area contributed by atoms with E-state index in [1.54, 1.807) is 24.1 Å². The van der Waals surface area contributed by atoms with Crippen molar-refractivity contribution in [2.24, 2.45) is 0 Å². The molecule has 2 aliphatic carbocycles. The number of fused-ring (bicyclic) bond motifs is 9. The van der Waals surface area contributed by atoms with Crippen LogP contribution in [-0.2, 0) is 0 Å². The number of carbonyl (C=O) groups excluding carboxylic acids is 1. The molecule has 2 atom stereocenters. The maximum Gasteiger partial charge on any atom is 0.387 e. The zero-order chi connectivity index (χ0) is 26.2. The van der Waals surface area contributed by atoms with Crippen LogP contribution in [0, 0.1) is 0 Å². The van der Waals surface area contributed by atoms with Crippen LogP contribution in [0.5, 0.6) is 5.75 Å². The van der Waals surface area contributed by atoms with Crippen molar-refractivity contribution >= 4 is 17.3 Å². The average Bonchev–Trinajstić information content (AvgIpc) is 3.41. The van der Waals surface area contributed by atoms with Crippen molar-refractivity contribution in [3.63, 3.8) is 0 Å². The standard InChI is InChI=1S/C28H29F2N5O3/c1-33-20-12-19(22-18(25(33)37)4-2-5-21(22)38-26(29)30)24-23(20)32-27-31-13-17(14-35(24)27)16-6-10-34(11-7-16)28(15-36)8-3-9-28/h2,4-6,13-14,19-20,26,36H,3,7-12,15H2,1H3. The van der Waals surface area contributed by atoms with Gasteiger partial charge in [0, 0.05) is 60.7 Å². The number of hydrogen-bond donors (Lipinski definition) is 1. The van der Waals surface area contributed by atoms with Crippen LogP contribution in [0.15, 0.2) is 36.7 Å². The summed E-state index contributed by atoms with van der Waals surface area (Å²) in [6.07, 6.45) is 10.7. The molecule has 1 fully saturated rings. The summed E-state index contributed by atoms with van der Waals surface area (Å²) >= 11 is 0. The number of halogens is 2. The second kappa shape index (κ2) is 8.57. The molecule has 1 N–H and O–H groups in total. The highest BCUT2D eigenvalue weighted by Crippen LogP contribution is 2.52. The number of carbonyl (C=O) groups is 1. The quantitative estimate of drug-likeness (QED) is 0.547. The van der Waals surface area contributed by atoms with Gasteiger partial charge in [-0.3, -0.25) is 14.1 Å². The van der Waals surface area contributed by atoms with E-state index < -0.39 is 6.61 Å². The monoisotopic (exact) mass is 521 g/mol. The Morgan fingerprint density at radius 1 is 1.29 bits per heavy atom. The lowest BCUT2D eigenvalue weighted by Crippen LogP contribution is -2.57. The topological polar surface area (TPSA) is 83.2 Å². The van der Waals surface area contributed by atoms with E-state index in [2.05, 4.69) is 16.0 Å². The third-order valence-corrected chi connectivity index (χ3v) is 9.13. The lowest BCUT2D eigenvalue weighted by molar-refractivity contribution is -0.0506. The Morgan fingerprint density at radius 3 is 2.82 bits per heavy atom. The SMILES string of the molecule is CN1C(=O)c2cccc(OC(F)F)c2C2CC1c1nc3ncc(C4=CCN(C5(CO)CCC5)CC4)cn3c12. The van der Waals surface area contributed by atoms with E-state index in [0.717, 1.165) is 55.7 Å². The molecule has 8 nitrogen and oxygen atoms in total. The second-order valence-electron chi connectivity index (χ2n) is 10.9. The Hall–Kier alpha value is -3.37. The van der Waals surface area contributed by atoms with Crippen molar-refractivity contribution in [3.05, 3.63) is 64.7 Å². The summed E-state index contributed by atoms with van der Waals surface area (Å²) in [6.45, 7) is -1.13. The molecule has 3 aromatic rings. The maximum atomic E-state index is 13.3. The van der Waals surface area contributed by atoms with Gasteiger partial charge in [0.1, 0.15) is 5.75 Å². The minimum Gasteiger partial charge on any atom is -0.434 e. The molecule has 1 amide bonds. The summed E-state index contributed by atoms with van der Waals surface area (Å²) in [7, 11) is 1.73. The molecule has 4 heterocycles. The smallest absolute Gasteiger partial charge is 0.387 e. The van der Waals surface area contributed by atoms with E-state index >= 15 is 0 Å². The first-order valence-corrected chi connectivity index (χ1v) is 13.2. The highest BCUT2D eigenvalue weighted by molar-refractivity contribution is 5.98. The number of amides is 1. The molecule has 2 aliphatic heterocycles. The molecule has 0 spiro atoms. The Labute approximate surface area is 218 Å². The Kier molecular flexibility index (Phi) is 5.35. The van der Waals surface area contributed by atoms with Crippen LogP contribution < -0.4 is 4.74 Å². The number of nitrogens with zero attached hydrogens (tertiary/aromatic N) is 5.